The molecule has 1 aromatic heterocycles. The minimum Gasteiger partial charge on any atom is -0.366 e. The van der Waals surface area contributed by atoms with E-state index >= 15 is 0 Å². The Morgan fingerprint density at radius 3 is 3.08 bits per heavy atom. The lowest BCUT2D eigenvalue weighted by atomic mass is 10.4. The summed E-state index contributed by atoms with van der Waals surface area (Å²) in [7, 11) is 0. The number of H-pyrrole nitrogens is 1. The van der Waals surface area contributed by atoms with Gasteiger partial charge in [-0.05, 0) is 0 Å². The molecule has 3 nitrogen and oxygen atoms in total. The molecule has 68 valence electrons. The van der Waals surface area contributed by atoms with E-state index in [4.69, 9.17) is 12.2 Å². The van der Waals surface area contributed by atoms with Crippen LogP contribution in [0.4, 0.5) is 5.69 Å². The molecule has 1 aliphatic rings. The second kappa shape index (κ2) is 3.51. The summed E-state index contributed by atoms with van der Waals surface area (Å²) in [5.41, 5.74) is 0.668. The van der Waals surface area contributed by atoms with E-state index in [9.17, 15) is 4.79 Å². The zero-order valence-electron chi connectivity index (χ0n) is 6.82. The predicted octanol–water partition coefficient (Wildman–Crippen LogP) is 1.21. The number of anilines is 1. The van der Waals surface area contributed by atoms with Gasteiger partial charge in [0.15, 0.2) is 0 Å². The number of rotatable bonds is 1. The Bertz CT molecular complexity index is 388. The summed E-state index contributed by atoms with van der Waals surface area (Å²) in [6.45, 7) is 0.830. The molecular formula is C8H8N2OS2. The molecule has 0 atom stereocenters. The Labute approximate surface area is 85.1 Å². The molecule has 0 spiro atoms. The van der Waals surface area contributed by atoms with Gasteiger partial charge in [0.1, 0.15) is 10.0 Å². The number of hydrogen-bond acceptors (Lipinski definition) is 3. The van der Waals surface area contributed by atoms with Gasteiger partial charge >= 0.3 is 0 Å². The molecule has 2 heterocycles. The van der Waals surface area contributed by atoms with Crippen LogP contribution in [0.2, 0.25) is 0 Å². The van der Waals surface area contributed by atoms with Gasteiger partial charge in [0.25, 0.3) is 0 Å². The third kappa shape index (κ3) is 1.62. The Hall–Kier alpha value is -0.810. The van der Waals surface area contributed by atoms with Crippen molar-refractivity contribution in [2.24, 2.45) is 0 Å². The molecule has 1 aromatic rings. The predicted molar refractivity (Wildman–Crippen MR) is 59.5 cm³/mol. The average molecular weight is 212 g/mol. The van der Waals surface area contributed by atoms with Crippen LogP contribution in [0.5, 0.6) is 0 Å². The number of thioether (sulfide) groups is 1. The number of aromatic amines is 1. The van der Waals surface area contributed by atoms with Gasteiger partial charge in [0.05, 0.1) is 0 Å². The van der Waals surface area contributed by atoms with Gasteiger partial charge in [0, 0.05) is 30.8 Å². The van der Waals surface area contributed by atoms with Crippen LogP contribution in [0.3, 0.4) is 0 Å². The first-order valence-electron chi connectivity index (χ1n) is 3.90. The van der Waals surface area contributed by atoms with Gasteiger partial charge in [-0.1, -0.05) is 24.0 Å². The second-order valence-corrected chi connectivity index (χ2v) is 4.39. The van der Waals surface area contributed by atoms with E-state index in [0.29, 0.717) is 5.69 Å². The van der Waals surface area contributed by atoms with Gasteiger partial charge in [-0.15, -0.1) is 0 Å². The van der Waals surface area contributed by atoms with E-state index in [1.807, 2.05) is 4.90 Å². The quantitative estimate of drug-likeness (QED) is 0.710. The fourth-order valence-electron chi connectivity index (χ4n) is 1.23. The van der Waals surface area contributed by atoms with Gasteiger partial charge in [-0.2, -0.15) is 0 Å². The van der Waals surface area contributed by atoms with E-state index < -0.39 is 0 Å². The topological polar surface area (TPSA) is 36.1 Å². The lowest BCUT2D eigenvalue weighted by Crippen LogP contribution is -2.27. The summed E-state index contributed by atoms with van der Waals surface area (Å²) in [4.78, 5) is 16.2. The maximum Gasteiger partial charge on any atom is 0.205 e. The summed E-state index contributed by atoms with van der Waals surface area (Å²) < 4.78 is 0.789. The summed E-state index contributed by atoms with van der Waals surface area (Å²) in [5.74, 6) is 0.965. The number of nitrogens with one attached hydrogen (secondary N) is 1. The van der Waals surface area contributed by atoms with Crippen molar-refractivity contribution in [1.82, 2.24) is 4.98 Å². The van der Waals surface area contributed by atoms with Crippen LogP contribution in [0.25, 0.3) is 0 Å². The van der Waals surface area contributed by atoms with Crippen molar-refractivity contribution in [2.75, 3.05) is 17.2 Å². The Balaban J connectivity index is 2.40. The van der Waals surface area contributed by atoms with Crippen molar-refractivity contribution >= 4 is 34.0 Å². The normalized spacial score (nSPS) is 16.6. The third-order valence-electron chi connectivity index (χ3n) is 1.86. The highest BCUT2D eigenvalue weighted by Gasteiger charge is 2.20. The van der Waals surface area contributed by atoms with E-state index in [-0.39, 0.29) is 5.43 Å². The molecule has 1 N–H and O–H groups in total. The van der Waals surface area contributed by atoms with Gasteiger partial charge in [-0.3, -0.25) is 4.79 Å². The molecule has 1 saturated heterocycles. The molecule has 0 aliphatic carbocycles. The molecule has 5 heteroatoms. The van der Waals surface area contributed by atoms with Crippen LogP contribution in [-0.4, -0.2) is 21.6 Å². The highest BCUT2D eigenvalue weighted by atomic mass is 32.2. The Morgan fingerprint density at radius 1 is 1.62 bits per heavy atom. The number of pyridine rings is 1. The van der Waals surface area contributed by atoms with Gasteiger partial charge in [-0.25, -0.2) is 0 Å². The molecule has 0 unspecified atom stereocenters. The maximum absolute atomic E-state index is 11.4. The van der Waals surface area contributed by atoms with Crippen LogP contribution in [-0.2, 0) is 0 Å². The second-order valence-electron chi connectivity index (χ2n) is 2.66. The summed E-state index contributed by atoms with van der Waals surface area (Å²) >= 11 is 6.73. The van der Waals surface area contributed by atoms with Gasteiger partial charge < -0.3 is 9.88 Å². The molecule has 0 saturated carbocycles. The van der Waals surface area contributed by atoms with Gasteiger partial charge in [0.2, 0.25) is 5.43 Å². The number of hydrogen-bond donors (Lipinski definition) is 1. The molecule has 0 bridgehead atoms. The number of thiocarbonyl (C=S) groups is 1. The molecule has 0 radical (unpaired) electrons. The molecule has 1 fully saturated rings. The van der Waals surface area contributed by atoms with E-state index in [2.05, 4.69) is 4.98 Å². The molecule has 0 aromatic carbocycles. The van der Waals surface area contributed by atoms with E-state index in [0.717, 1.165) is 16.6 Å². The zero-order valence-corrected chi connectivity index (χ0v) is 8.45. The van der Waals surface area contributed by atoms with Crippen LogP contribution in [0, 0.1) is 0 Å². The fraction of sp³-hybridized carbons (Fsp3) is 0.250. The zero-order chi connectivity index (χ0) is 9.26. The van der Waals surface area contributed by atoms with Crippen molar-refractivity contribution < 1.29 is 0 Å². The lowest BCUT2D eigenvalue weighted by Gasteiger charge is -2.14. The van der Waals surface area contributed by atoms with Crippen LogP contribution in [0.1, 0.15) is 0 Å². The monoisotopic (exact) mass is 212 g/mol. The van der Waals surface area contributed by atoms with Crippen molar-refractivity contribution in [1.29, 1.82) is 0 Å². The number of aromatic nitrogens is 1. The van der Waals surface area contributed by atoms with Crippen molar-refractivity contribution in [2.45, 2.75) is 0 Å². The third-order valence-corrected chi connectivity index (χ3v) is 3.28. The first kappa shape index (κ1) is 8.77. The van der Waals surface area contributed by atoms with Crippen LogP contribution in [0.15, 0.2) is 23.3 Å². The molecule has 1 aliphatic heterocycles. The smallest absolute Gasteiger partial charge is 0.205 e. The van der Waals surface area contributed by atoms with E-state index in [1.165, 1.54) is 6.07 Å². The summed E-state index contributed by atoms with van der Waals surface area (Å²) in [5, 5.41) is 0. The summed E-state index contributed by atoms with van der Waals surface area (Å²) in [6, 6.07) is 1.51. The first-order valence-corrected chi connectivity index (χ1v) is 5.30. The van der Waals surface area contributed by atoms with Crippen LogP contribution >= 0.6 is 24.0 Å². The Morgan fingerprint density at radius 2 is 2.46 bits per heavy atom. The molecule has 13 heavy (non-hydrogen) atoms. The molecular weight excluding hydrogens is 204 g/mol. The van der Waals surface area contributed by atoms with Crippen LogP contribution < -0.4 is 10.3 Å². The van der Waals surface area contributed by atoms with Crippen molar-refractivity contribution in [3.63, 3.8) is 0 Å². The van der Waals surface area contributed by atoms with E-state index in [1.54, 1.807) is 24.2 Å². The number of nitrogens with zero attached hydrogens (tertiary/aromatic N) is 1. The largest absolute Gasteiger partial charge is 0.366 e. The SMILES string of the molecule is O=c1cc[nH]cc1N1CCSC1=S. The van der Waals surface area contributed by atoms with Crippen molar-refractivity contribution in [3.8, 4) is 0 Å². The molecule has 2 rings (SSSR count). The average Bonchev–Trinajstić information content (AvgIpc) is 2.52. The minimum atomic E-state index is 0.0172. The standard InChI is InChI=1S/C8H8N2OS2/c11-7-1-2-9-5-6(7)10-3-4-13-8(10)12/h1-2,5H,3-4H2,(H,9,11). The highest BCUT2D eigenvalue weighted by molar-refractivity contribution is 8.23. The molecule has 0 amide bonds. The highest BCUT2D eigenvalue weighted by Crippen LogP contribution is 2.21. The lowest BCUT2D eigenvalue weighted by molar-refractivity contribution is 1.09. The maximum atomic E-state index is 11.4. The Kier molecular flexibility index (Phi) is 2.37. The first-order chi connectivity index (χ1) is 6.29. The fourth-order valence-corrected chi connectivity index (χ4v) is 2.46. The summed E-state index contributed by atoms with van der Waals surface area (Å²) in [6.07, 6.45) is 3.32. The minimum absolute atomic E-state index is 0.0172. The van der Waals surface area contributed by atoms with Crippen molar-refractivity contribution in [3.05, 3.63) is 28.7 Å².